The van der Waals surface area contributed by atoms with Crippen LogP contribution in [0.25, 0.3) is 0 Å². The van der Waals surface area contributed by atoms with Crippen LogP contribution in [0.1, 0.15) is 32.7 Å². The minimum Gasteiger partial charge on any atom is -0.396 e. The van der Waals surface area contributed by atoms with Crippen molar-refractivity contribution in [3.63, 3.8) is 0 Å². The molecule has 0 atom stereocenters. The van der Waals surface area contributed by atoms with Crippen molar-refractivity contribution < 1.29 is 14.7 Å². The summed E-state index contributed by atoms with van der Waals surface area (Å²) in [6, 6.07) is 14.4. The maximum atomic E-state index is 12.9. The lowest BCUT2D eigenvalue weighted by Crippen LogP contribution is -2.36. The summed E-state index contributed by atoms with van der Waals surface area (Å²) >= 11 is 0. The fraction of sp³-hybridized carbons (Fsp3) is 0.222. The van der Waals surface area contributed by atoms with E-state index in [1.807, 2.05) is 18.2 Å². The summed E-state index contributed by atoms with van der Waals surface area (Å²) in [5.41, 5.74) is 2.49. The zero-order valence-corrected chi connectivity index (χ0v) is 12.2. The Morgan fingerprint density at radius 1 is 0.955 bits per heavy atom. The number of para-hydroxylation sites is 1. The SMILES string of the molecule is O=C1Cc2ccccc2C(=O)N(CCCO)c2ccccc21. The van der Waals surface area contributed by atoms with E-state index in [0.717, 1.165) is 5.56 Å². The number of nitrogens with zero attached hydrogens (tertiary/aromatic N) is 1. The van der Waals surface area contributed by atoms with Crippen LogP contribution in [0.5, 0.6) is 0 Å². The lowest BCUT2D eigenvalue weighted by molar-refractivity contribution is 0.0973. The molecule has 22 heavy (non-hydrogen) atoms. The first-order valence-electron chi connectivity index (χ1n) is 7.35. The van der Waals surface area contributed by atoms with Gasteiger partial charge in [0.05, 0.1) is 5.69 Å². The Balaban J connectivity index is 2.15. The van der Waals surface area contributed by atoms with Gasteiger partial charge in [-0.25, -0.2) is 0 Å². The third-order valence-electron chi connectivity index (χ3n) is 3.88. The molecule has 0 aromatic heterocycles. The molecule has 0 radical (unpaired) electrons. The van der Waals surface area contributed by atoms with Crippen LogP contribution in [0.2, 0.25) is 0 Å². The number of benzene rings is 2. The number of amides is 1. The number of aliphatic hydroxyl groups is 1. The summed E-state index contributed by atoms with van der Waals surface area (Å²) in [5, 5.41) is 9.10. The number of carbonyl (C=O) groups is 2. The van der Waals surface area contributed by atoms with Crippen molar-refractivity contribution in [3.8, 4) is 0 Å². The molecule has 3 rings (SSSR count). The Bertz CT molecular complexity index is 724. The average Bonchev–Trinajstić information content (AvgIpc) is 2.55. The fourth-order valence-corrected chi connectivity index (χ4v) is 2.80. The lowest BCUT2D eigenvalue weighted by atomic mass is 9.94. The third-order valence-corrected chi connectivity index (χ3v) is 3.88. The van der Waals surface area contributed by atoms with Crippen LogP contribution in [0.4, 0.5) is 5.69 Å². The standard InChI is InChI=1S/C18H17NO3/c20-11-5-10-19-16-9-4-3-8-15(16)17(21)12-13-6-1-2-7-14(13)18(19)22/h1-4,6-9,20H,5,10-12H2. The normalized spacial score (nSPS) is 14.1. The summed E-state index contributed by atoms with van der Waals surface area (Å²) in [5.74, 6) is -0.117. The first-order valence-corrected chi connectivity index (χ1v) is 7.35. The van der Waals surface area contributed by atoms with Crippen molar-refractivity contribution in [2.24, 2.45) is 0 Å². The summed E-state index contributed by atoms with van der Waals surface area (Å²) in [7, 11) is 0. The van der Waals surface area contributed by atoms with E-state index in [9.17, 15) is 9.59 Å². The van der Waals surface area contributed by atoms with Crippen molar-refractivity contribution in [2.75, 3.05) is 18.1 Å². The van der Waals surface area contributed by atoms with Gasteiger partial charge < -0.3 is 10.0 Å². The third kappa shape index (κ3) is 2.53. The number of rotatable bonds is 3. The van der Waals surface area contributed by atoms with Gasteiger partial charge in [0.25, 0.3) is 5.91 Å². The van der Waals surface area contributed by atoms with Crippen LogP contribution in [0.3, 0.4) is 0 Å². The van der Waals surface area contributed by atoms with E-state index < -0.39 is 0 Å². The van der Waals surface area contributed by atoms with Crippen molar-refractivity contribution >= 4 is 17.4 Å². The zero-order valence-electron chi connectivity index (χ0n) is 12.2. The molecule has 1 aliphatic rings. The minimum atomic E-state index is -0.121. The molecule has 0 fully saturated rings. The van der Waals surface area contributed by atoms with Crippen molar-refractivity contribution in [1.29, 1.82) is 0 Å². The Kier molecular flexibility index (Phi) is 4.02. The second kappa shape index (κ2) is 6.12. The molecule has 0 saturated carbocycles. The maximum Gasteiger partial charge on any atom is 0.258 e. The van der Waals surface area contributed by atoms with E-state index in [0.29, 0.717) is 29.8 Å². The molecule has 4 nitrogen and oxygen atoms in total. The molecule has 0 saturated heterocycles. The highest BCUT2D eigenvalue weighted by molar-refractivity contribution is 6.14. The second-order valence-corrected chi connectivity index (χ2v) is 5.31. The van der Waals surface area contributed by atoms with Gasteiger partial charge in [0.2, 0.25) is 0 Å². The average molecular weight is 295 g/mol. The van der Waals surface area contributed by atoms with E-state index in [4.69, 9.17) is 5.11 Å². The number of ketones is 1. The molecule has 2 aromatic rings. The minimum absolute atomic E-state index is 0.00153. The van der Waals surface area contributed by atoms with E-state index in [2.05, 4.69) is 0 Å². The number of Topliss-reactive ketones (excluding diaryl/α,β-unsaturated/α-hetero) is 1. The molecular formula is C18H17NO3. The van der Waals surface area contributed by atoms with Gasteiger partial charge in [-0.2, -0.15) is 0 Å². The molecule has 0 bridgehead atoms. The molecule has 0 aliphatic carbocycles. The predicted molar refractivity (Wildman–Crippen MR) is 84.3 cm³/mol. The Labute approximate surface area is 129 Å². The topological polar surface area (TPSA) is 57.6 Å². The van der Waals surface area contributed by atoms with Gasteiger partial charge in [0.1, 0.15) is 0 Å². The van der Waals surface area contributed by atoms with Gasteiger partial charge in [-0.05, 0) is 30.2 Å². The molecule has 1 heterocycles. The van der Waals surface area contributed by atoms with Crippen LogP contribution in [-0.2, 0) is 6.42 Å². The van der Waals surface area contributed by atoms with Crippen LogP contribution in [-0.4, -0.2) is 29.9 Å². The second-order valence-electron chi connectivity index (χ2n) is 5.31. The summed E-state index contributed by atoms with van der Waals surface area (Å²) in [6.07, 6.45) is 0.698. The summed E-state index contributed by atoms with van der Waals surface area (Å²) in [4.78, 5) is 27.1. The fourth-order valence-electron chi connectivity index (χ4n) is 2.80. The zero-order chi connectivity index (χ0) is 15.5. The number of aliphatic hydroxyl groups excluding tert-OH is 1. The van der Waals surface area contributed by atoms with Crippen LogP contribution < -0.4 is 4.90 Å². The largest absolute Gasteiger partial charge is 0.396 e. The van der Waals surface area contributed by atoms with Gasteiger partial charge in [0.15, 0.2) is 5.78 Å². The van der Waals surface area contributed by atoms with Gasteiger partial charge in [-0.1, -0.05) is 30.3 Å². The highest BCUT2D eigenvalue weighted by atomic mass is 16.3. The summed E-state index contributed by atoms with van der Waals surface area (Å²) < 4.78 is 0. The highest BCUT2D eigenvalue weighted by Gasteiger charge is 2.27. The van der Waals surface area contributed by atoms with E-state index in [1.54, 1.807) is 35.2 Å². The first-order chi connectivity index (χ1) is 10.7. The number of hydrogen-bond acceptors (Lipinski definition) is 3. The number of carbonyl (C=O) groups excluding carboxylic acids is 2. The Morgan fingerprint density at radius 3 is 2.41 bits per heavy atom. The molecule has 1 aliphatic heterocycles. The smallest absolute Gasteiger partial charge is 0.258 e. The molecular weight excluding hydrogens is 278 g/mol. The lowest BCUT2D eigenvalue weighted by Gasteiger charge is -2.27. The molecule has 1 amide bonds. The Hall–Kier alpha value is -2.46. The monoisotopic (exact) mass is 295 g/mol. The van der Waals surface area contributed by atoms with Crippen molar-refractivity contribution in [2.45, 2.75) is 12.8 Å². The molecule has 2 aromatic carbocycles. The molecule has 0 spiro atoms. The van der Waals surface area contributed by atoms with Gasteiger partial charge in [-0.3, -0.25) is 9.59 Å². The van der Waals surface area contributed by atoms with E-state index >= 15 is 0 Å². The van der Waals surface area contributed by atoms with Gasteiger partial charge in [0, 0.05) is 30.7 Å². The quantitative estimate of drug-likeness (QED) is 0.946. The molecule has 0 unspecified atom stereocenters. The van der Waals surface area contributed by atoms with Crippen LogP contribution >= 0.6 is 0 Å². The van der Waals surface area contributed by atoms with E-state index in [-0.39, 0.29) is 24.7 Å². The van der Waals surface area contributed by atoms with E-state index in [1.165, 1.54) is 0 Å². The first kappa shape index (κ1) is 14.5. The molecule has 112 valence electrons. The molecule has 1 N–H and O–H groups in total. The summed E-state index contributed by atoms with van der Waals surface area (Å²) in [6.45, 7) is 0.384. The van der Waals surface area contributed by atoms with Crippen LogP contribution in [0.15, 0.2) is 48.5 Å². The maximum absolute atomic E-state index is 12.9. The Morgan fingerprint density at radius 2 is 1.64 bits per heavy atom. The number of hydrogen-bond donors (Lipinski definition) is 1. The number of anilines is 1. The van der Waals surface area contributed by atoms with Crippen LogP contribution in [0, 0.1) is 0 Å². The van der Waals surface area contributed by atoms with Gasteiger partial charge in [-0.15, -0.1) is 0 Å². The predicted octanol–water partition coefficient (Wildman–Crippen LogP) is 2.45. The molecule has 4 heteroatoms. The van der Waals surface area contributed by atoms with Crippen molar-refractivity contribution in [1.82, 2.24) is 0 Å². The van der Waals surface area contributed by atoms with Crippen molar-refractivity contribution in [3.05, 3.63) is 65.2 Å². The highest BCUT2D eigenvalue weighted by Crippen LogP contribution is 2.28. The van der Waals surface area contributed by atoms with Gasteiger partial charge >= 0.3 is 0 Å². The number of fused-ring (bicyclic) bond motifs is 2.